The summed E-state index contributed by atoms with van der Waals surface area (Å²) in [5.41, 5.74) is 6.78. The molecule has 6 nitrogen and oxygen atoms in total. The predicted molar refractivity (Wildman–Crippen MR) is 135 cm³/mol. The number of carbonyl (C=O) groups excluding carboxylic acids is 2. The SMILES string of the molecule is Cc1occc1C(=O)Nc1nc(CC(=O)NCC2CC3c4ccccc4C2c2ccccc23)cs1. The van der Waals surface area contributed by atoms with Gasteiger partial charge in [0.25, 0.3) is 5.91 Å². The summed E-state index contributed by atoms with van der Waals surface area (Å²) in [4.78, 5) is 29.5. The number of carbonyl (C=O) groups is 2. The Morgan fingerprint density at radius 1 is 1.03 bits per heavy atom. The van der Waals surface area contributed by atoms with Crippen LogP contribution >= 0.6 is 11.3 Å². The van der Waals surface area contributed by atoms with Gasteiger partial charge in [0.05, 0.1) is 23.9 Å². The summed E-state index contributed by atoms with van der Waals surface area (Å²) in [6.07, 6.45) is 2.71. The van der Waals surface area contributed by atoms with Gasteiger partial charge in [-0.15, -0.1) is 11.3 Å². The minimum Gasteiger partial charge on any atom is -0.469 e. The van der Waals surface area contributed by atoms with E-state index in [0.29, 0.717) is 46.4 Å². The van der Waals surface area contributed by atoms with Gasteiger partial charge in [-0.1, -0.05) is 48.5 Å². The Morgan fingerprint density at radius 2 is 1.71 bits per heavy atom. The third kappa shape index (κ3) is 3.96. The quantitative estimate of drug-likeness (QED) is 0.392. The Kier molecular flexibility index (Phi) is 5.49. The molecule has 0 spiro atoms. The third-order valence-corrected chi connectivity index (χ3v) is 8.01. The highest BCUT2D eigenvalue weighted by Crippen LogP contribution is 2.55. The van der Waals surface area contributed by atoms with Gasteiger partial charge in [0, 0.05) is 23.8 Å². The smallest absolute Gasteiger partial charge is 0.260 e. The van der Waals surface area contributed by atoms with Crippen molar-refractivity contribution in [3.05, 3.63) is 106 Å². The van der Waals surface area contributed by atoms with Gasteiger partial charge in [-0.2, -0.15) is 0 Å². The van der Waals surface area contributed by atoms with E-state index < -0.39 is 0 Å². The lowest BCUT2D eigenvalue weighted by Crippen LogP contribution is -2.39. The Bertz CT molecular complexity index is 1370. The molecular formula is C28H25N3O3S. The topological polar surface area (TPSA) is 84.2 Å². The minimum atomic E-state index is -0.269. The molecule has 35 heavy (non-hydrogen) atoms. The lowest BCUT2D eigenvalue weighted by molar-refractivity contribution is -0.120. The standard InChI is InChI=1S/C28H25N3O3S/c1-16-19(10-11-34-16)27(33)31-28-30-18(15-35-28)13-25(32)29-14-17-12-24-20-6-2-4-8-22(20)26(17)23-9-5-3-7-21(23)24/h2-11,15,17,24,26H,12-14H2,1H3,(H,29,32)(H,30,31,33). The van der Waals surface area contributed by atoms with E-state index in [0.717, 1.165) is 6.42 Å². The number of hydrogen-bond donors (Lipinski definition) is 2. The van der Waals surface area contributed by atoms with Crippen LogP contribution < -0.4 is 10.6 Å². The van der Waals surface area contributed by atoms with Crippen molar-refractivity contribution in [2.24, 2.45) is 5.92 Å². The molecule has 0 saturated heterocycles. The number of hydrogen-bond acceptors (Lipinski definition) is 5. The molecule has 2 bridgehead atoms. The molecule has 4 aromatic rings. The van der Waals surface area contributed by atoms with Crippen molar-refractivity contribution in [2.75, 3.05) is 11.9 Å². The molecule has 1 unspecified atom stereocenters. The first-order valence-corrected chi connectivity index (χ1v) is 12.7. The predicted octanol–water partition coefficient (Wildman–Crippen LogP) is 5.25. The number of nitrogens with one attached hydrogen (secondary N) is 2. The van der Waals surface area contributed by atoms with Gasteiger partial charge in [0.15, 0.2) is 5.13 Å². The van der Waals surface area contributed by atoms with Gasteiger partial charge in [-0.05, 0) is 47.6 Å². The van der Waals surface area contributed by atoms with Crippen LogP contribution in [0.1, 0.15) is 62.3 Å². The normalized spacial score (nSPS) is 19.6. The van der Waals surface area contributed by atoms with E-state index in [9.17, 15) is 9.59 Å². The summed E-state index contributed by atoms with van der Waals surface area (Å²) < 4.78 is 5.18. The number of fused-ring (bicyclic) bond motifs is 1. The number of amides is 2. The number of aromatic nitrogens is 1. The molecule has 2 aromatic carbocycles. The molecule has 0 fully saturated rings. The second-order valence-corrected chi connectivity index (χ2v) is 10.1. The number of nitrogens with zero attached hydrogens (tertiary/aromatic N) is 1. The van der Waals surface area contributed by atoms with Crippen molar-refractivity contribution in [1.82, 2.24) is 10.3 Å². The Morgan fingerprint density at radius 3 is 2.37 bits per heavy atom. The highest BCUT2D eigenvalue weighted by molar-refractivity contribution is 7.14. The number of benzene rings is 2. The number of furan rings is 1. The Hall–Kier alpha value is -3.71. The molecule has 3 aliphatic rings. The van der Waals surface area contributed by atoms with Crippen LogP contribution in [0.2, 0.25) is 0 Å². The van der Waals surface area contributed by atoms with Crippen LogP contribution in [0.5, 0.6) is 0 Å². The monoisotopic (exact) mass is 483 g/mol. The molecule has 2 aromatic heterocycles. The van der Waals surface area contributed by atoms with Gasteiger partial charge in [-0.3, -0.25) is 14.9 Å². The maximum absolute atomic E-state index is 12.8. The second-order valence-electron chi connectivity index (χ2n) is 9.25. The highest BCUT2D eigenvalue weighted by atomic mass is 32.1. The lowest BCUT2D eigenvalue weighted by atomic mass is 9.59. The molecule has 3 aliphatic carbocycles. The van der Waals surface area contributed by atoms with E-state index in [1.54, 1.807) is 13.0 Å². The van der Waals surface area contributed by atoms with Gasteiger partial charge in [-0.25, -0.2) is 4.98 Å². The fourth-order valence-corrected chi connectivity index (χ4v) is 6.37. The largest absolute Gasteiger partial charge is 0.469 e. The van der Waals surface area contributed by atoms with Gasteiger partial charge < -0.3 is 9.73 Å². The van der Waals surface area contributed by atoms with Crippen molar-refractivity contribution in [1.29, 1.82) is 0 Å². The zero-order valence-corrected chi connectivity index (χ0v) is 20.1. The zero-order valence-electron chi connectivity index (χ0n) is 19.3. The molecule has 1 atom stereocenters. The molecule has 176 valence electrons. The van der Waals surface area contributed by atoms with Crippen molar-refractivity contribution in [3.8, 4) is 0 Å². The fraction of sp³-hybridized carbons (Fsp3) is 0.250. The second kappa shape index (κ2) is 8.82. The molecule has 2 amide bonds. The summed E-state index contributed by atoms with van der Waals surface area (Å²) in [6.45, 7) is 2.37. The molecule has 7 rings (SSSR count). The molecule has 0 aliphatic heterocycles. The molecular weight excluding hydrogens is 458 g/mol. The van der Waals surface area contributed by atoms with Crippen molar-refractivity contribution < 1.29 is 14.0 Å². The lowest BCUT2D eigenvalue weighted by Gasteiger charge is -2.45. The average Bonchev–Trinajstić information content (AvgIpc) is 3.51. The van der Waals surface area contributed by atoms with Crippen molar-refractivity contribution in [3.63, 3.8) is 0 Å². The molecule has 7 heteroatoms. The van der Waals surface area contributed by atoms with E-state index in [1.165, 1.54) is 39.9 Å². The van der Waals surface area contributed by atoms with Crippen LogP contribution in [0.25, 0.3) is 0 Å². The molecule has 0 radical (unpaired) electrons. The summed E-state index contributed by atoms with van der Waals surface area (Å²) in [5, 5.41) is 8.21. The Labute approximate surface area is 207 Å². The number of anilines is 1. The number of rotatable bonds is 6. The highest BCUT2D eigenvalue weighted by Gasteiger charge is 2.42. The summed E-state index contributed by atoms with van der Waals surface area (Å²) in [6, 6.07) is 19.1. The first-order chi connectivity index (χ1) is 17.1. The van der Waals surface area contributed by atoms with E-state index in [4.69, 9.17) is 4.42 Å². The minimum absolute atomic E-state index is 0.0538. The summed E-state index contributed by atoms with van der Waals surface area (Å²) in [7, 11) is 0. The van der Waals surface area contributed by atoms with Crippen molar-refractivity contribution in [2.45, 2.75) is 31.6 Å². The maximum atomic E-state index is 12.8. The first kappa shape index (κ1) is 21.8. The van der Waals surface area contributed by atoms with E-state index >= 15 is 0 Å². The van der Waals surface area contributed by atoms with Crippen LogP contribution in [0.3, 0.4) is 0 Å². The number of thiazole rings is 1. The number of aryl methyl sites for hydroxylation is 1. The third-order valence-electron chi connectivity index (χ3n) is 7.20. The van der Waals surface area contributed by atoms with Crippen LogP contribution in [0.15, 0.2) is 70.7 Å². The van der Waals surface area contributed by atoms with Crippen LogP contribution in [-0.2, 0) is 11.2 Å². The summed E-state index contributed by atoms with van der Waals surface area (Å²) in [5.74, 6) is 1.28. The van der Waals surface area contributed by atoms with E-state index in [2.05, 4.69) is 64.1 Å². The van der Waals surface area contributed by atoms with Crippen molar-refractivity contribution >= 4 is 28.3 Å². The first-order valence-electron chi connectivity index (χ1n) is 11.8. The van der Waals surface area contributed by atoms with Crippen LogP contribution in [0.4, 0.5) is 5.13 Å². The maximum Gasteiger partial charge on any atom is 0.260 e. The van der Waals surface area contributed by atoms with Gasteiger partial charge in [0.2, 0.25) is 5.91 Å². The van der Waals surface area contributed by atoms with E-state index in [-0.39, 0.29) is 18.2 Å². The van der Waals surface area contributed by atoms with Gasteiger partial charge in [0.1, 0.15) is 5.76 Å². The Balaban J connectivity index is 1.10. The van der Waals surface area contributed by atoms with E-state index in [1.807, 2.05) is 5.38 Å². The van der Waals surface area contributed by atoms with Crippen LogP contribution in [0, 0.1) is 12.8 Å². The molecule has 2 N–H and O–H groups in total. The van der Waals surface area contributed by atoms with Crippen LogP contribution in [-0.4, -0.2) is 23.3 Å². The zero-order chi connectivity index (χ0) is 23.9. The summed E-state index contributed by atoms with van der Waals surface area (Å²) >= 11 is 1.31. The molecule has 2 heterocycles. The molecule has 0 saturated carbocycles. The average molecular weight is 484 g/mol. The van der Waals surface area contributed by atoms with Gasteiger partial charge >= 0.3 is 0 Å². The fourth-order valence-electron chi connectivity index (χ4n) is 5.66.